The van der Waals surface area contributed by atoms with Crippen LogP contribution in [-0.2, 0) is 6.42 Å². The predicted octanol–water partition coefficient (Wildman–Crippen LogP) is 5.87. The second-order valence-corrected chi connectivity index (χ2v) is 8.44. The van der Waals surface area contributed by atoms with Crippen LogP contribution in [0, 0.1) is 6.92 Å². The van der Waals surface area contributed by atoms with Gasteiger partial charge in [-0.3, -0.25) is 0 Å². The maximum atomic E-state index is 11.0. The highest BCUT2D eigenvalue weighted by Crippen LogP contribution is 2.30. The van der Waals surface area contributed by atoms with Gasteiger partial charge in [-0.25, -0.2) is 19.7 Å². The summed E-state index contributed by atoms with van der Waals surface area (Å²) in [5.41, 5.74) is 3.37. The topological polar surface area (TPSA) is 91.2 Å². The highest BCUT2D eigenvalue weighted by atomic mass is 35.5. The Balaban J connectivity index is 0.00000204. The number of carbonyl (C=O) groups is 1. The van der Waals surface area contributed by atoms with Crippen molar-refractivity contribution in [3.63, 3.8) is 0 Å². The van der Waals surface area contributed by atoms with Gasteiger partial charge in [0, 0.05) is 26.0 Å². The first-order valence-corrected chi connectivity index (χ1v) is 11.0. The first-order chi connectivity index (χ1) is 15.5. The van der Waals surface area contributed by atoms with E-state index in [0.29, 0.717) is 5.56 Å². The van der Waals surface area contributed by atoms with Crippen LogP contribution in [0.4, 0.5) is 16.8 Å². The van der Waals surface area contributed by atoms with Gasteiger partial charge >= 0.3 is 5.97 Å². The monoisotopic (exact) mass is 517 g/mol. The molecule has 7 nitrogen and oxygen atoms in total. The van der Waals surface area contributed by atoms with E-state index in [4.69, 9.17) is 10.1 Å². The minimum atomic E-state index is -0.910. The second-order valence-electron chi connectivity index (χ2n) is 7.43. The molecule has 0 aliphatic carbocycles. The van der Waals surface area contributed by atoms with Gasteiger partial charge in [0.25, 0.3) is 0 Å². The molecular weight excluding hydrogens is 493 g/mol. The highest BCUT2D eigenvalue weighted by molar-refractivity contribution is 7.18. The molecule has 34 heavy (non-hydrogen) atoms. The molecule has 0 saturated carbocycles. The molecule has 3 heterocycles. The third-order valence-corrected chi connectivity index (χ3v) is 6.06. The van der Waals surface area contributed by atoms with Gasteiger partial charge in [0.1, 0.15) is 11.6 Å². The predicted molar refractivity (Wildman–Crippen MR) is 142 cm³/mol. The number of rotatable bonds is 8. The Morgan fingerprint density at radius 2 is 1.82 bits per heavy atom. The Kier molecular flexibility index (Phi) is 9.80. The Labute approximate surface area is 214 Å². The zero-order valence-corrected chi connectivity index (χ0v) is 21.1. The van der Waals surface area contributed by atoms with Gasteiger partial charge in [-0.2, -0.15) is 0 Å². The van der Waals surface area contributed by atoms with Gasteiger partial charge in [-0.05, 0) is 60.9 Å². The Morgan fingerprint density at radius 1 is 1.06 bits per heavy atom. The number of pyridine rings is 2. The standard InChI is InChI=1S/C24H23N5O2S.2ClH/c1-16-10-12-25-22(14-16)28-21-5-3-4-19(27-21)20-15-26-24(32-20)29(2)13-11-17-6-8-18(9-7-17)23(30)31;;/h3-10,12,14-15H,11,13H2,1-2H3,(H,30,31)(H,25,27,28);2*1H. The van der Waals surface area contributed by atoms with Crippen LogP contribution in [0.25, 0.3) is 10.6 Å². The van der Waals surface area contributed by atoms with E-state index in [1.807, 2.05) is 62.6 Å². The third-order valence-electron chi connectivity index (χ3n) is 4.93. The second kappa shape index (κ2) is 12.3. The number of benzene rings is 1. The molecule has 2 N–H and O–H groups in total. The van der Waals surface area contributed by atoms with Crippen molar-refractivity contribution in [2.75, 3.05) is 23.8 Å². The molecule has 178 valence electrons. The fraction of sp³-hybridized carbons (Fsp3) is 0.167. The van der Waals surface area contributed by atoms with E-state index in [2.05, 4.69) is 20.2 Å². The minimum Gasteiger partial charge on any atom is -0.478 e. The molecule has 0 aliphatic heterocycles. The third kappa shape index (κ3) is 6.90. The summed E-state index contributed by atoms with van der Waals surface area (Å²) in [5, 5.41) is 13.2. The average Bonchev–Trinajstić information content (AvgIpc) is 3.28. The molecule has 0 atom stereocenters. The van der Waals surface area contributed by atoms with E-state index in [-0.39, 0.29) is 24.8 Å². The van der Waals surface area contributed by atoms with Crippen molar-refractivity contribution in [3.05, 3.63) is 83.7 Å². The van der Waals surface area contributed by atoms with Crippen LogP contribution in [0.15, 0.2) is 67.0 Å². The summed E-state index contributed by atoms with van der Waals surface area (Å²) in [6, 6.07) is 16.8. The smallest absolute Gasteiger partial charge is 0.335 e. The summed E-state index contributed by atoms with van der Waals surface area (Å²) in [7, 11) is 2.00. The number of carboxylic acids is 1. The summed E-state index contributed by atoms with van der Waals surface area (Å²) in [6.07, 6.45) is 4.41. The average molecular weight is 518 g/mol. The number of nitrogens with one attached hydrogen (secondary N) is 1. The van der Waals surface area contributed by atoms with Crippen molar-refractivity contribution in [2.24, 2.45) is 0 Å². The van der Waals surface area contributed by atoms with Crippen molar-refractivity contribution in [1.29, 1.82) is 0 Å². The van der Waals surface area contributed by atoms with Gasteiger partial charge in [-0.15, -0.1) is 24.8 Å². The number of aromatic nitrogens is 3. The lowest BCUT2D eigenvalue weighted by Gasteiger charge is -2.15. The number of halogens is 2. The number of nitrogens with zero attached hydrogens (tertiary/aromatic N) is 4. The van der Waals surface area contributed by atoms with E-state index in [0.717, 1.165) is 51.4 Å². The Morgan fingerprint density at radius 3 is 2.53 bits per heavy atom. The maximum absolute atomic E-state index is 11.0. The van der Waals surface area contributed by atoms with Crippen molar-refractivity contribution in [1.82, 2.24) is 15.0 Å². The first-order valence-electron chi connectivity index (χ1n) is 10.1. The van der Waals surface area contributed by atoms with Crippen LogP contribution in [0.3, 0.4) is 0 Å². The largest absolute Gasteiger partial charge is 0.478 e. The normalized spacial score (nSPS) is 10.1. The number of carboxylic acid groups (broad SMARTS) is 1. The summed E-state index contributed by atoms with van der Waals surface area (Å²) in [4.78, 5) is 27.7. The molecule has 0 bridgehead atoms. The zero-order valence-electron chi connectivity index (χ0n) is 18.6. The molecule has 0 unspecified atom stereocenters. The Hall–Kier alpha value is -3.20. The van der Waals surface area contributed by atoms with Crippen LogP contribution >= 0.6 is 36.2 Å². The number of hydrogen-bond donors (Lipinski definition) is 2. The number of anilines is 3. The number of thiazole rings is 1. The fourth-order valence-electron chi connectivity index (χ4n) is 3.14. The van der Waals surface area contributed by atoms with E-state index < -0.39 is 5.97 Å². The van der Waals surface area contributed by atoms with Crippen molar-refractivity contribution in [2.45, 2.75) is 13.3 Å². The molecule has 0 amide bonds. The molecule has 1 aromatic carbocycles. The fourth-order valence-corrected chi connectivity index (χ4v) is 4.02. The van der Waals surface area contributed by atoms with Crippen molar-refractivity contribution < 1.29 is 9.90 Å². The molecule has 10 heteroatoms. The van der Waals surface area contributed by atoms with Crippen LogP contribution in [0.2, 0.25) is 0 Å². The summed E-state index contributed by atoms with van der Waals surface area (Å²) >= 11 is 1.58. The molecule has 0 fully saturated rings. The van der Waals surface area contributed by atoms with E-state index in [1.165, 1.54) is 0 Å². The molecule has 0 spiro atoms. The molecule has 4 aromatic rings. The quantitative estimate of drug-likeness (QED) is 0.301. The number of aromatic carboxylic acids is 1. The lowest BCUT2D eigenvalue weighted by Crippen LogP contribution is -2.19. The molecule has 0 aliphatic rings. The van der Waals surface area contributed by atoms with Crippen LogP contribution in [0.1, 0.15) is 21.5 Å². The SMILES string of the molecule is Cc1ccnc(Nc2cccc(-c3cnc(N(C)CCc4ccc(C(=O)O)cc4)s3)n2)c1.Cl.Cl. The first kappa shape index (κ1) is 27.0. The van der Waals surface area contributed by atoms with E-state index in [1.54, 1.807) is 29.7 Å². The maximum Gasteiger partial charge on any atom is 0.335 e. The molecule has 0 radical (unpaired) electrons. The molecular formula is C24H25Cl2N5O2S. The number of likely N-dealkylation sites (N-methyl/N-ethyl adjacent to an activating group) is 1. The van der Waals surface area contributed by atoms with Crippen LogP contribution in [0.5, 0.6) is 0 Å². The molecule has 4 rings (SSSR count). The van der Waals surface area contributed by atoms with Gasteiger partial charge in [0.05, 0.1) is 16.1 Å². The summed E-state index contributed by atoms with van der Waals surface area (Å²) in [5.74, 6) is 0.580. The van der Waals surface area contributed by atoms with Gasteiger partial charge in [0.2, 0.25) is 0 Å². The van der Waals surface area contributed by atoms with Crippen molar-refractivity contribution >= 4 is 58.9 Å². The lowest BCUT2D eigenvalue weighted by atomic mass is 10.1. The number of hydrogen-bond acceptors (Lipinski definition) is 7. The summed E-state index contributed by atoms with van der Waals surface area (Å²) < 4.78 is 0. The zero-order chi connectivity index (χ0) is 22.5. The summed E-state index contributed by atoms with van der Waals surface area (Å²) in [6.45, 7) is 2.80. The Bertz CT molecular complexity index is 1230. The van der Waals surface area contributed by atoms with E-state index >= 15 is 0 Å². The van der Waals surface area contributed by atoms with Gasteiger partial charge in [-0.1, -0.05) is 29.5 Å². The molecule has 0 saturated heterocycles. The lowest BCUT2D eigenvalue weighted by molar-refractivity contribution is 0.0697. The van der Waals surface area contributed by atoms with Crippen LogP contribution in [-0.4, -0.2) is 39.6 Å². The van der Waals surface area contributed by atoms with Gasteiger partial charge < -0.3 is 15.3 Å². The minimum absolute atomic E-state index is 0. The molecule has 3 aromatic heterocycles. The van der Waals surface area contributed by atoms with Gasteiger partial charge in [0.15, 0.2) is 5.13 Å². The van der Waals surface area contributed by atoms with Crippen LogP contribution < -0.4 is 10.2 Å². The highest BCUT2D eigenvalue weighted by Gasteiger charge is 2.11. The van der Waals surface area contributed by atoms with Crippen molar-refractivity contribution in [3.8, 4) is 10.6 Å². The number of aryl methyl sites for hydroxylation is 1. The van der Waals surface area contributed by atoms with E-state index in [9.17, 15) is 4.79 Å².